The van der Waals surface area contributed by atoms with Gasteiger partial charge in [0.15, 0.2) is 4.77 Å². The van der Waals surface area contributed by atoms with E-state index in [0.29, 0.717) is 11.3 Å². The minimum Gasteiger partial charge on any atom is -0.340 e. The van der Waals surface area contributed by atoms with Gasteiger partial charge in [0.05, 0.1) is 0 Å². The zero-order valence-electron chi connectivity index (χ0n) is 16.8. The fourth-order valence-corrected chi connectivity index (χ4v) is 3.97. The summed E-state index contributed by atoms with van der Waals surface area (Å²) < 4.78 is 2.39. The molecule has 1 N–H and O–H groups in total. The van der Waals surface area contributed by atoms with Gasteiger partial charge in [0, 0.05) is 26.1 Å². The highest BCUT2D eigenvalue weighted by Crippen LogP contribution is 2.09. The van der Waals surface area contributed by atoms with Gasteiger partial charge in [-0.2, -0.15) is 5.10 Å². The van der Waals surface area contributed by atoms with Crippen molar-refractivity contribution in [1.82, 2.24) is 24.6 Å². The predicted molar refractivity (Wildman–Crippen MR) is 114 cm³/mol. The summed E-state index contributed by atoms with van der Waals surface area (Å²) in [7, 11) is 0. The van der Waals surface area contributed by atoms with Gasteiger partial charge in [0.2, 0.25) is 5.91 Å². The van der Waals surface area contributed by atoms with Crippen LogP contribution < -0.4 is 0 Å². The van der Waals surface area contributed by atoms with Crippen molar-refractivity contribution in [3.63, 3.8) is 0 Å². The molecule has 1 amide bonds. The maximum Gasteiger partial charge on any atom is 0.242 e. The minimum absolute atomic E-state index is 0.140. The average molecular weight is 402 g/mol. The molecule has 2 heterocycles. The monoisotopic (exact) mass is 401 g/mol. The molecular weight excluding hydrogens is 370 g/mol. The lowest BCUT2D eigenvalue weighted by Gasteiger charge is -2.22. The Kier molecular flexibility index (Phi) is 7.80. The van der Waals surface area contributed by atoms with Gasteiger partial charge in [-0.15, -0.1) is 0 Å². The summed E-state index contributed by atoms with van der Waals surface area (Å²) in [5.41, 5.74) is 1.40. The Labute approximate surface area is 172 Å². The number of H-pyrrole nitrogens is 1. The van der Waals surface area contributed by atoms with Gasteiger partial charge in [0.1, 0.15) is 12.4 Å². The number of carbonyl (C=O) groups is 1. The zero-order valence-corrected chi connectivity index (χ0v) is 17.6. The lowest BCUT2D eigenvalue weighted by atomic mass is 10.1. The van der Waals surface area contributed by atoms with Crippen LogP contribution in [0.1, 0.15) is 37.6 Å². The molecule has 0 atom stereocenters. The zero-order chi connectivity index (χ0) is 19.8. The molecule has 0 radical (unpaired) electrons. The Morgan fingerprint density at radius 3 is 2.75 bits per heavy atom. The van der Waals surface area contributed by atoms with Crippen molar-refractivity contribution in [2.24, 2.45) is 0 Å². The van der Waals surface area contributed by atoms with Crippen LogP contribution in [0.3, 0.4) is 0 Å². The lowest BCUT2D eigenvalue weighted by Crippen LogP contribution is -2.37. The summed E-state index contributed by atoms with van der Waals surface area (Å²) in [4.78, 5) is 17.3. The molecule has 0 unspecified atom stereocenters. The molecule has 3 rings (SSSR count). The Bertz CT molecular complexity index is 801. The number of hydrogen-bond donors (Lipinski definition) is 1. The molecule has 0 saturated carbocycles. The van der Waals surface area contributed by atoms with Crippen molar-refractivity contribution in [3.05, 3.63) is 46.5 Å². The molecule has 0 aliphatic carbocycles. The smallest absolute Gasteiger partial charge is 0.242 e. The van der Waals surface area contributed by atoms with Gasteiger partial charge in [-0.1, -0.05) is 37.3 Å². The normalized spacial score (nSPS) is 15.5. The fourth-order valence-electron chi connectivity index (χ4n) is 3.76. The van der Waals surface area contributed by atoms with E-state index in [4.69, 9.17) is 12.2 Å². The fraction of sp³-hybridized carbons (Fsp3) is 0.571. The van der Waals surface area contributed by atoms with Crippen LogP contribution in [-0.4, -0.2) is 63.2 Å². The summed E-state index contributed by atoms with van der Waals surface area (Å²) in [5, 5.41) is 7.08. The standard InChI is InChI=1S/C21H31N5OS/c1-2-8-19-22-23-21(28)26(19)17-20(27)25-14-7-13-24(15-16-25)12-6-11-18-9-4-3-5-10-18/h3-5,9-10H,2,6-8,11-17H2,1H3,(H,23,28). The van der Waals surface area contributed by atoms with Crippen molar-refractivity contribution >= 4 is 18.1 Å². The van der Waals surface area contributed by atoms with Crippen LogP contribution >= 0.6 is 12.2 Å². The van der Waals surface area contributed by atoms with Gasteiger partial charge in [-0.3, -0.25) is 14.5 Å². The third kappa shape index (κ3) is 5.75. The van der Waals surface area contributed by atoms with E-state index < -0.39 is 0 Å². The van der Waals surface area contributed by atoms with Gasteiger partial charge >= 0.3 is 0 Å². The molecule has 0 bridgehead atoms. The highest BCUT2D eigenvalue weighted by Gasteiger charge is 2.20. The van der Waals surface area contributed by atoms with Gasteiger partial charge in [-0.25, -0.2) is 0 Å². The van der Waals surface area contributed by atoms with E-state index >= 15 is 0 Å². The number of aromatic nitrogens is 3. The number of rotatable bonds is 8. The number of nitrogens with zero attached hydrogens (tertiary/aromatic N) is 4. The van der Waals surface area contributed by atoms with Gasteiger partial charge in [0.25, 0.3) is 0 Å². The Hall–Kier alpha value is -1.99. The SMILES string of the molecule is CCCc1n[nH]c(=S)n1CC(=O)N1CCCN(CCCc2ccccc2)CC1. The first-order chi connectivity index (χ1) is 13.7. The van der Waals surface area contributed by atoms with E-state index in [2.05, 4.69) is 52.4 Å². The molecule has 152 valence electrons. The second kappa shape index (κ2) is 10.5. The summed E-state index contributed by atoms with van der Waals surface area (Å²) in [6.07, 6.45) is 5.10. The number of benzene rings is 1. The molecule has 1 aromatic carbocycles. The second-order valence-electron chi connectivity index (χ2n) is 7.45. The van der Waals surface area contributed by atoms with E-state index in [9.17, 15) is 4.79 Å². The maximum absolute atomic E-state index is 12.8. The number of aromatic amines is 1. The summed E-state index contributed by atoms with van der Waals surface area (Å²) in [6.45, 7) is 7.10. The van der Waals surface area contributed by atoms with Crippen molar-refractivity contribution in [1.29, 1.82) is 0 Å². The van der Waals surface area contributed by atoms with Gasteiger partial charge in [-0.05, 0) is 56.6 Å². The first kappa shape index (κ1) is 20.7. The predicted octanol–water partition coefficient (Wildman–Crippen LogP) is 3.06. The Balaban J connectivity index is 1.47. The van der Waals surface area contributed by atoms with Crippen LogP contribution in [-0.2, 0) is 24.2 Å². The van der Waals surface area contributed by atoms with E-state index in [1.54, 1.807) is 0 Å². The largest absolute Gasteiger partial charge is 0.340 e. The molecule has 1 saturated heterocycles. The van der Waals surface area contributed by atoms with Crippen LogP contribution in [0.4, 0.5) is 0 Å². The number of nitrogens with one attached hydrogen (secondary N) is 1. The number of hydrogen-bond acceptors (Lipinski definition) is 4. The number of amides is 1. The lowest BCUT2D eigenvalue weighted by molar-refractivity contribution is -0.131. The Morgan fingerprint density at radius 1 is 1.14 bits per heavy atom. The molecule has 28 heavy (non-hydrogen) atoms. The van der Waals surface area contributed by atoms with E-state index in [-0.39, 0.29) is 5.91 Å². The molecule has 6 nitrogen and oxygen atoms in total. The van der Waals surface area contributed by atoms with Crippen LogP contribution in [0.15, 0.2) is 30.3 Å². The first-order valence-electron chi connectivity index (χ1n) is 10.4. The second-order valence-corrected chi connectivity index (χ2v) is 7.83. The van der Waals surface area contributed by atoms with E-state index in [1.807, 2.05) is 9.47 Å². The van der Waals surface area contributed by atoms with E-state index in [1.165, 1.54) is 5.56 Å². The molecule has 2 aromatic rings. The highest BCUT2D eigenvalue weighted by atomic mass is 32.1. The summed E-state index contributed by atoms with van der Waals surface area (Å²) in [5.74, 6) is 1.01. The average Bonchev–Trinajstić information content (AvgIpc) is 2.91. The van der Waals surface area contributed by atoms with Crippen molar-refractivity contribution in [2.45, 2.75) is 45.6 Å². The quantitative estimate of drug-likeness (QED) is 0.691. The van der Waals surface area contributed by atoms with Crippen molar-refractivity contribution in [3.8, 4) is 0 Å². The van der Waals surface area contributed by atoms with Crippen LogP contribution in [0.2, 0.25) is 0 Å². The molecular formula is C21H31N5OS. The van der Waals surface area contributed by atoms with Crippen LogP contribution in [0, 0.1) is 4.77 Å². The van der Waals surface area contributed by atoms with Gasteiger partial charge < -0.3 is 9.80 Å². The molecule has 0 spiro atoms. The molecule has 1 aromatic heterocycles. The first-order valence-corrected chi connectivity index (χ1v) is 10.8. The third-order valence-electron chi connectivity index (χ3n) is 5.33. The third-order valence-corrected chi connectivity index (χ3v) is 5.64. The van der Waals surface area contributed by atoms with E-state index in [0.717, 1.165) is 70.7 Å². The topological polar surface area (TPSA) is 57.2 Å². The van der Waals surface area contributed by atoms with Crippen LogP contribution in [0.25, 0.3) is 0 Å². The minimum atomic E-state index is 0.140. The van der Waals surface area contributed by atoms with Crippen LogP contribution in [0.5, 0.6) is 0 Å². The molecule has 1 aliphatic rings. The summed E-state index contributed by atoms with van der Waals surface area (Å²) in [6, 6.07) is 10.6. The number of carbonyl (C=O) groups excluding carboxylic acids is 1. The highest BCUT2D eigenvalue weighted by molar-refractivity contribution is 7.71. The Morgan fingerprint density at radius 2 is 1.96 bits per heavy atom. The summed E-state index contributed by atoms with van der Waals surface area (Å²) >= 11 is 5.31. The molecule has 1 fully saturated rings. The van der Waals surface area contributed by atoms with Crippen molar-refractivity contribution < 1.29 is 4.79 Å². The number of aryl methyl sites for hydroxylation is 2. The molecule has 7 heteroatoms. The molecule has 1 aliphatic heterocycles. The maximum atomic E-state index is 12.8. The van der Waals surface area contributed by atoms with Crippen molar-refractivity contribution in [2.75, 3.05) is 32.7 Å².